The summed E-state index contributed by atoms with van der Waals surface area (Å²) in [7, 11) is 0. The maximum atomic E-state index is 11.1. The summed E-state index contributed by atoms with van der Waals surface area (Å²) in [5, 5.41) is 10.4. The van der Waals surface area contributed by atoms with Gasteiger partial charge >= 0.3 is 5.97 Å². The maximum Gasteiger partial charge on any atom is 0.347 e. The summed E-state index contributed by atoms with van der Waals surface area (Å²) in [6.07, 6.45) is 1.18. The third-order valence-electron chi connectivity index (χ3n) is 2.93. The number of carboxylic acid groups (broad SMARTS) is 1. The molecule has 2 aromatic rings. The van der Waals surface area contributed by atoms with Crippen LogP contribution >= 0.6 is 22.9 Å². The fourth-order valence-electron chi connectivity index (χ4n) is 1.88. The molecule has 21 heavy (non-hydrogen) atoms. The molecule has 0 aliphatic rings. The molecule has 0 aliphatic heterocycles. The number of ether oxygens (including phenoxy) is 1. The number of aryl methyl sites for hydroxylation is 2. The summed E-state index contributed by atoms with van der Waals surface area (Å²) in [4.78, 5) is 15.8. The highest BCUT2D eigenvalue weighted by Crippen LogP contribution is 2.26. The Kier molecular flexibility index (Phi) is 5.20. The van der Waals surface area contributed by atoms with Crippen molar-refractivity contribution in [1.29, 1.82) is 0 Å². The van der Waals surface area contributed by atoms with Crippen molar-refractivity contribution < 1.29 is 14.6 Å². The highest BCUT2D eigenvalue weighted by Gasteiger charge is 2.15. The predicted octanol–water partition coefficient (Wildman–Crippen LogP) is 3.99. The van der Waals surface area contributed by atoms with E-state index < -0.39 is 5.97 Å². The Bertz CT molecular complexity index is 654. The van der Waals surface area contributed by atoms with E-state index in [0.29, 0.717) is 40.8 Å². The van der Waals surface area contributed by atoms with Gasteiger partial charge in [0.15, 0.2) is 0 Å². The Hall–Kier alpha value is -1.59. The van der Waals surface area contributed by atoms with E-state index in [-0.39, 0.29) is 0 Å². The SMILES string of the molecule is CCc1nc(CCOc2cc(C)ccc2Cl)sc1C(=O)O. The van der Waals surface area contributed by atoms with Gasteiger partial charge in [0.05, 0.1) is 22.3 Å². The molecule has 0 bridgehead atoms. The fourth-order valence-corrected chi connectivity index (χ4v) is 3.03. The zero-order valence-electron chi connectivity index (χ0n) is 11.9. The number of nitrogens with zero attached hydrogens (tertiary/aromatic N) is 1. The first-order valence-corrected chi connectivity index (χ1v) is 7.81. The molecule has 0 saturated carbocycles. The van der Waals surface area contributed by atoms with Crippen molar-refractivity contribution in [2.75, 3.05) is 6.61 Å². The van der Waals surface area contributed by atoms with E-state index in [4.69, 9.17) is 21.4 Å². The Morgan fingerprint density at radius 2 is 2.24 bits per heavy atom. The summed E-state index contributed by atoms with van der Waals surface area (Å²) in [6, 6.07) is 5.60. The van der Waals surface area contributed by atoms with Crippen LogP contribution in [-0.4, -0.2) is 22.7 Å². The van der Waals surface area contributed by atoms with Gasteiger partial charge in [0, 0.05) is 6.42 Å². The average Bonchev–Trinajstić information content (AvgIpc) is 2.86. The number of aromatic carboxylic acids is 1. The Labute approximate surface area is 132 Å². The number of aromatic nitrogens is 1. The first-order valence-electron chi connectivity index (χ1n) is 6.62. The van der Waals surface area contributed by atoms with Gasteiger partial charge in [-0.25, -0.2) is 9.78 Å². The number of hydrogen-bond donors (Lipinski definition) is 1. The van der Waals surface area contributed by atoms with Crippen LogP contribution in [0.4, 0.5) is 0 Å². The molecule has 0 unspecified atom stereocenters. The van der Waals surface area contributed by atoms with Crippen LogP contribution in [0.15, 0.2) is 18.2 Å². The molecule has 1 heterocycles. The molecule has 112 valence electrons. The highest BCUT2D eigenvalue weighted by molar-refractivity contribution is 7.13. The second-order valence-corrected chi connectivity index (χ2v) is 6.07. The minimum Gasteiger partial charge on any atom is -0.492 e. The molecule has 0 radical (unpaired) electrons. The summed E-state index contributed by atoms with van der Waals surface area (Å²) in [6.45, 7) is 4.28. The monoisotopic (exact) mass is 325 g/mol. The van der Waals surface area contributed by atoms with Crippen molar-refractivity contribution in [2.24, 2.45) is 0 Å². The van der Waals surface area contributed by atoms with Gasteiger partial charge in [-0.05, 0) is 31.0 Å². The van der Waals surface area contributed by atoms with Crippen LogP contribution < -0.4 is 4.74 Å². The van der Waals surface area contributed by atoms with Crippen LogP contribution in [0.5, 0.6) is 5.75 Å². The Morgan fingerprint density at radius 3 is 2.86 bits per heavy atom. The van der Waals surface area contributed by atoms with Gasteiger partial charge in [-0.2, -0.15) is 0 Å². The second-order valence-electron chi connectivity index (χ2n) is 4.57. The molecule has 2 rings (SSSR count). The van der Waals surface area contributed by atoms with Gasteiger partial charge in [0.2, 0.25) is 0 Å². The van der Waals surface area contributed by atoms with Crippen molar-refractivity contribution >= 4 is 28.9 Å². The quantitative estimate of drug-likeness (QED) is 0.872. The maximum absolute atomic E-state index is 11.1. The van der Waals surface area contributed by atoms with Gasteiger partial charge < -0.3 is 9.84 Å². The molecule has 0 aliphatic carbocycles. The van der Waals surface area contributed by atoms with Gasteiger partial charge in [-0.15, -0.1) is 11.3 Å². The van der Waals surface area contributed by atoms with E-state index in [1.165, 1.54) is 11.3 Å². The van der Waals surface area contributed by atoms with Crippen LogP contribution in [0, 0.1) is 6.92 Å². The second kappa shape index (κ2) is 6.91. The fraction of sp³-hybridized carbons (Fsp3) is 0.333. The first-order chi connectivity index (χ1) is 10.0. The van der Waals surface area contributed by atoms with Gasteiger partial charge in [0.25, 0.3) is 0 Å². The van der Waals surface area contributed by atoms with Crippen LogP contribution in [0.2, 0.25) is 5.02 Å². The molecule has 4 nitrogen and oxygen atoms in total. The van der Waals surface area contributed by atoms with Crippen molar-refractivity contribution in [3.8, 4) is 5.75 Å². The topological polar surface area (TPSA) is 59.4 Å². The number of rotatable bonds is 6. The number of carbonyl (C=O) groups is 1. The van der Waals surface area contributed by atoms with Crippen LogP contribution in [-0.2, 0) is 12.8 Å². The van der Waals surface area contributed by atoms with Crippen molar-refractivity contribution in [1.82, 2.24) is 4.98 Å². The molecule has 0 saturated heterocycles. The first kappa shape index (κ1) is 15.8. The van der Waals surface area contributed by atoms with E-state index in [0.717, 1.165) is 10.6 Å². The predicted molar refractivity (Wildman–Crippen MR) is 83.8 cm³/mol. The van der Waals surface area contributed by atoms with Crippen molar-refractivity contribution in [2.45, 2.75) is 26.7 Å². The number of hydrogen-bond acceptors (Lipinski definition) is 4. The zero-order chi connectivity index (χ0) is 15.4. The molecule has 1 N–H and O–H groups in total. The number of benzene rings is 1. The van der Waals surface area contributed by atoms with Crippen LogP contribution in [0.1, 0.15) is 32.9 Å². The summed E-state index contributed by atoms with van der Waals surface area (Å²) >= 11 is 7.27. The lowest BCUT2D eigenvalue weighted by atomic mass is 10.2. The van der Waals surface area contributed by atoms with Gasteiger partial charge in [-0.1, -0.05) is 24.6 Å². The number of halogens is 1. The van der Waals surface area contributed by atoms with Gasteiger partial charge in [-0.3, -0.25) is 0 Å². The average molecular weight is 326 g/mol. The minimum atomic E-state index is -0.918. The Balaban J connectivity index is 2.00. The molecule has 1 aromatic carbocycles. The van der Waals surface area contributed by atoms with E-state index in [1.54, 1.807) is 6.07 Å². The van der Waals surface area contributed by atoms with E-state index in [2.05, 4.69) is 4.98 Å². The lowest BCUT2D eigenvalue weighted by molar-refractivity contribution is 0.0701. The van der Waals surface area contributed by atoms with Crippen LogP contribution in [0.25, 0.3) is 0 Å². The van der Waals surface area contributed by atoms with Crippen molar-refractivity contribution in [3.63, 3.8) is 0 Å². The molecule has 0 spiro atoms. The molecule has 0 atom stereocenters. The van der Waals surface area contributed by atoms with Crippen LogP contribution in [0.3, 0.4) is 0 Å². The van der Waals surface area contributed by atoms with Gasteiger partial charge in [0.1, 0.15) is 10.6 Å². The van der Waals surface area contributed by atoms with E-state index in [9.17, 15) is 4.79 Å². The number of thiazole rings is 1. The van der Waals surface area contributed by atoms with E-state index >= 15 is 0 Å². The molecular formula is C15H16ClNO3S. The smallest absolute Gasteiger partial charge is 0.347 e. The largest absolute Gasteiger partial charge is 0.492 e. The summed E-state index contributed by atoms with van der Waals surface area (Å²) in [5.41, 5.74) is 1.71. The lowest BCUT2D eigenvalue weighted by Gasteiger charge is -2.07. The van der Waals surface area contributed by atoms with E-state index in [1.807, 2.05) is 26.0 Å². The Morgan fingerprint density at radius 1 is 1.48 bits per heavy atom. The molecule has 1 aromatic heterocycles. The van der Waals surface area contributed by atoms with Crippen molar-refractivity contribution in [3.05, 3.63) is 44.4 Å². The lowest BCUT2D eigenvalue weighted by Crippen LogP contribution is -2.02. The highest BCUT2D eigenvalue weighted by atomic mass is 35.5. The normalized spacial score (nSPS) is 10.6. The molecular weight excluding hydrogens is 310 g/mol. The third kappa shape index (κ3) is 3.95. The zero-order valence-corrected chi connectivity index (χ0v) is 13.4. The standard InChI is InChI=1S/C15H16ClNO3S/c1-3-11-14(15(18)19)21-13(17-11)6-7-20-12-8-9(2)4-5-10(12)16/h4-5,8H,3,6-7H2,1-2H3,(H,18,19). The third-order valence-corrected chi connectivity index (χ3v) is 4.39. The number of carboxylic acids is 1. The molecule has 0 amide bonds. The summed E-state index contributed by atoms with van der Waals surface area (Å²) < 4.78 is 5.65. The molecule has 0 fully saturated rings. The molecule has 6 heteroatoms. The minimum absolute atomic E-state index is 0.320. The summed E-state index contributed by atoms with van der Waals surface area (Å²) in [5.74, 6) is -0.277.